The minimum atomic E-state index is -0.172. The maximum absolute atomic E-state index is 13.6. The Hall–Kier alpha value is -2.25. The first kappa shape index (κ1) is 24.8. The van der Waals surface area contributed by atoms with Crippen LogP contribution >= 0.6 is 0 Å². The number of amides is 2. The van der Waals surface area contributed by atoms with Gasteiger partial charge in [0.15, 0.2) is 5.58 Å². The Balaban J connectivity index is 0.991. The highest BCUT2D eigenvalue weighted by Crippen LogP contribution is 2.61. The summed E-state index contributed by atoms with van der Waals surface area (Å²) in [5.74, 6) is 2.23. The van der Waals surface area contributed by atoms with Crippen molar-refractivity contribution in [3.8, 4) is 0 Å². The Labute approximate surface area is 224 Å². The van der Waals surface area contributed by atoms with Crippen LogP contribution in [0.3, 0.4) is 0 Å². The summed E-state index contributed by atoms with van der Waals surface area (Å²) >= 11 is 0. The van der Waals surface area contributed by atoms with Gasteiger partial charge < -0.3 is 14.5 Å². The van der Waals surface area contributed by atoms with E-state index in [0.717, 1.165) is 62.0 Å². The van der Waals surface area contributed by atoms with Crippen LogP contribution in [-0.4, -0.2) is 64.7 Å². The summed E-state index contributed by atoms with van der Waals surface area (Å²) < 4.78 is 5.57. The summed E-state index contributed by atoms with van der Waals surface area (Å²) in [5.41, 5.74) is 1.98. The van der Waals surface area contributed by atoms with Crippen LogP contribution in [0.25, 0.3) is 11.0 Å². The van der Waals surface area contributed by atoms with Gasteiger partial charge in [-0.25, -0.2) is 0 Å². The van der Waals surface area contributed by atoms with Gasteiger partial charge in [0.2, 0.25) is 11.8 Å². The molecule has 7 rings (SSSR count). The molecule has 0 spiro atoms. The van der Waals surface area contributed by atoms with E-state index in [1.807, 2.05) is 12.1 Å². The zero-order chi connectivity index (χ0) is 26.0. The standard InChI is InChI=1S/C31H41N3O4/c1-18-23-14-24(25(18)17-35)28-27(23)30(36)34(31(28)37)16-21-7-3-2-6-20(21)15-33-12-10-19(11-13-33)29-22-8-4-5-9-26(22)38-32-29/h4-5,8-9,18-21,23-25,27-28,35H,2-3,6-7,10-17H2,1H3/t18?,20-,21-,23?,24?,25?,27?,28?/m1/s1. The number of hydrogen-bond donors (Lipinski definition) is 1. The average Bonchev–Trinajstić information content (AvgIpc) is 3.68. The number of piperidine rings is 1. The molecule has 3 heterocycles. The first-order chi connectivity index (χ1) is 18.5. The summed E-state index contributed by atoms with van der Waals surface area (Å²) in [6, 6.07) is 8.16. The number of imide groups is 1. The normalized spacial score (nSPS) is 38.0. The SMILES string of the molecule is CC1C(CO)C2CC1C1C(=O)N(C[C@H]3CCCC[C@@H]3CN3CCC(c4noc5ccccc45)CC3)C(=O)C21. The van der Waals surface area contributed by atoms with E-state index in [9.17, 15) is 14.7 Å². The highest BCUT2D eigenvalue weighted by molar-refractivity contribution is 6.06. The Morgan fingerprint density at radius 3 is 2.37 bits per heavy atom. The largest absolute Gasteiger partial charge is 0.396 e. The number of para-hydroxylation sites is 1. The summed E-state index contributed by atoms with van der Waals surface area (Å²) in [6.45, 7) is 6.10. The van der Waals surface area contributed by atoms with Crippen molar-refractivity contribution in [2.24, 2.45) is 47.3 Å². The molecule has 1 aromatic carbocycles. The Morgan fingerprint density at radius 2 is 1.63 bits per heavy atom. The van der Waals surface area contributed by atoms with Gasteiger partial charge in [-0.05, 0) is 92.8 Å². The number of aliphatic hydroxyl groups excluding tert-OH is 1. The van der Waals surface area contributed by atoms with Crippen LogP contribution in [0.2, 0.25) is 0 Å². The molecule has 204 valence electrons. The van der Waals surface area contributed by atoms with E-state index in [1.165, 1.54) is 19.3 Å². The van der Waals surface area contributed by atoms with E-state index in [-0.39, 0.29) is 48.0 Å². The molecule has 1 N–H and O–H groups in total. The summed E-state index contributed by atoms with van der Waals surface area (Å²) in [4.78, 5) is 31.4. The maximum atomic E-state index is 13.6. The summed E-state index contributed by atoms with van der Waals surface area (Å²) in [6.07, 6.45) is 7.87. The van der Waals surface area contributed by atoms with Crippen molar-refractivity contribution in [2.75, 3.05) is 32.8 Å². The van der Waals surface area contributed by atoms with Gasteiger partial charge in [0.1, 0.15) is 0 Å². The number of benzene rings is 1. The van der Waals surface area contributed by atoms with E-state index in [0.29, 0.717) is 30.2 Å². The molecule has 2 aliphatic heterocycles. The molecule has 2 aromatic rings. The molecule has 5 aliphatic rings. The van der Waals surface area contributed by atoms with Crippen molar-refractivity contribution in [1.29, 1.82) is 0 Å². The maximum Gasteiger partial charge on any atom is 0.233 e. The molecule has 38 heavy (non-hydrogen) atoms. The van der Waals surface area contributed by atoms with E-state index in [4.69, 9.17) is 4.52 Å². The van der Waals surface area contributed by atoms with Gasteiger partial charge in [-0.3, -0.25) is 14.5 Å². The molecule has 7 heteroatoms. The topological polar surface area (TPSA) is 86.9 Å². The molecule has 5 fully saturated rings. The van der Waals surface area contributed by atoms with Crippen molar-refractivity contribution in [2.45, 2.75) is 57.8 Å². The minimum absolute atomic E-state index is 0.0721. The van der Waals surface area contributed by atoms with Crippen LogP contribution in [0, 0.1) is 47.3 Å². The summed E-state index contributed by atoms with van der Waals surface area (Å²) in [5, 5.41) is 15.5. The summed E-state index contributed by atoms with van der Waals surface area (Å²) in [7, 11) is 0. The fourth-order valence-electron chi connectivity index (χ4n) is 9.37. The lowest BCUT2D eigenvalue weighted by Crippen LogP contribution is -2.44. The third-order valence-electron chi connectivity index (χ3n) is 11.4. The molecular weight excluding hydrogens is 478 g/mol. The number of carbonyl (C=O) groups is 2. The predicted molar refractivity (Wildman–Crippen MR) is 143 cm³/mol. The number of fused-ring (bicyclic) bond motifs is 6. The second-order valence-corrected chi connectivity index (χ2v) is 13.1. The Kier molecular flexibility index (Phi) is 6.35. The predicted octanol–water partition coefficient (Wildman–Crippen LogP) is 4.31. The van der Waals surface area contributed by atoms with E-state index in [2.05, 4.69) is 29.1 Å². The number of likely N-dealkylation sites (tertiary alicyclic amines) is 2. The first-order valence-corrected chi connectivity index (χ1v) is 15.1. The fraction of sp³-hybridized carbons (Fsp3) is 0.710. The third kappa shape index (κ3) is 3.87. The molecule has 2 saturated heterocycles. The van der Waals surface area contributed by atoms with Crippen molar-refractivity contribution in [3.05, 3.63) is 30.0 Å². The van der Waals surface area contributed by atoms with Gasteiger partial charge in [-0.1, -0.05) is 37.1 Å². The number of aliphatic hydroxyl groups is 1. The van der Waals surface area contributed by atoms with Gasteiger partial charge in [0, 0.05) is 31.0 Å². The van der Waals surface area contributed by atoms with Crippen LogP contribution in [0.15, 0.2) is 28.8 Å². The monoisotopic (exact) mass is 519 g/mol. The van der Waals surface area contributed by atoms with E-state index in [1.54, 1.807) is 4.90 Å². The molecular formula is C31H41N3O4. The smallest absolute Gasteiger partial charge is 0.233 e. The van der Waals surface area contributed by atoms with E-state index < -0.39 is 0 Å². The van der Waals surface area contributed by atoms with Crippen LogP contribution in [0.4, 0.5) is 0 Å². The lowest BCUT2D eigenvalue weighted by molar-refractivity contribution is -0.142. The van der Waals surface area contributed by atoms with Crippen LogP contribution in [0.1, 0.15) is 63.5 Å². The molecule has 1 aromatic heterocycles. The number of aromatic nitrogens is 1. The lowest BCUT2D eigenvalue weighted by atomic mass is 9.70. The van der Waals surface area contributed by atoms with Crippen molar-refractivity contribution >= 4 is 22.8 Å². The number of nitrogens with zero attached hydrogens (tertiary/aromatic N) is 3. The molecule has 8 atom stereocenters. The third-order valence-corrected chi connectivity index (χ3v) is 11.4. The second-order valence-electron chi connectivity index (χ2n) is 13.1. The molecule has 6 unspecified atom stereocenters. The zero-order valence-corrected chi connectivity index (χ0v) is 22.5. The zero-order valence-electron chi connectivity index (χ0n) is 22.5. The van der Waals surface area contributed by atoms with Gasteiger partial charge in [-0.2, -0.15) is 0 Å². The van der Waals surface area contributed by atoms with Crippen LogP contribution < -0.4 is 0 Å². The lowest BCUT2D eigenvalue weighted by Gasteiger charge is -2.39. The van der Waals surface area contributed by atoms with Crippen LogP contribution in [-0.2, 0) is 9.59 Å². The van der Waals surface area contributed by atoms with Crippen molar-refractivity contribution < 1.29 is 19.2 Å². The Morgan fingerprint density at radius 1 is 0.947 bits per heavy atom. The number of rotatable bonds is 6. The highest BCUT2D eigenvalue weighted by Gasteiger charge is 2.66. The average molecular weight is 520 g/mol. The number of carbonyl (C=O) groups excluding carboxylic acids is 2. The molecule has 2 bridgehead atoms. The van der Waals surface area contributed by atoms with Crippen molar-refractivity contribution in [1.82, 2.24) is 15.0 Å². The molecule has 3 saturated carbocycles. The Bertz CT molecular complexity index is 1200. The molecule has 7 nitrogen and oxygen atoms in total. The molecule has 0 radical (unpaired) electrons. The van der Waals surface area contributed by atoms with Gasteiger partial charge in [-0.15, -0.1) is 0 Å². The van der Waals surface area contributed by atoms with E-state index >= 15 is 0 Å². The molecule has 3 aliphatic carbocycles. The van der Waals surface area contributed by atoms with Crippen LogP contribution in [0.5, 0.6) is 0 Å². The minimum Gasteiger partial charge on any atom is -0.396 e. The molecule has 2 amide bonds. The van der Waals surface area contributed by atoms with Gasteiger partial charge in [0.25, 0.3) is 0 Å². The first-order valence-electron chi connectivity index (χ1n) is 15.1. The quantitative estimate of drug-likeness (QED) is 0.573. The fourth-order valence-corrected chi connectivity index (χ4v) is 9.37. The van der Waals surface area contributed by atoms with Crippen molar-refractivity contribution in [3.63, 3.8) is 0 Å². The second kappa shape index (κ2) is 9.74. The highest BCUT2D eigenvalue weighted by atomic mass is 16.5. The number of hydrogen-bond acceptors (Lipinski definition) is 6. The van der Waals surface area contributed by atoms with Gasteiger partial charge >= 0.3 is 0 Å². The van der Waals surface area contributed by atoms with Gasteiger partial charge in [0.05, 0.1) is 17.5 Å².